The Morgan fingerprint density at radius 2 is 1.64 bits per heavy atom. The zero-order valence-corrected chi connectivity index (χ0v) is 22.2. The van der Waals surface area contributed by atoms with Gasteiger partial charge in [-0.3, -0.25) is 9.59 Å². The molecule has 0 unspecified atom stereocenters. The van der Waals surface area contributed by atoms with Gasteiger partial charge >= 0.3 is 5.97 Å². The van der Waals surface area contributed by atoms with Crippen molar-refractivity contribution in [1.29, 1.82) is 0 Å². The fourth-order valence-electron chi connectivity index (χ4n) is 3.54. The Hall–Kier alpha value is -2.90. The third-order valence-corrected chi connectivity index (χ3v) is 8.40. The molecule has 1 heterocycles. The van der Waals surface area contributed by atoms with Gasteiger partial charge in [0.2, 0.25) is 10.0 Å². The number of hydrogen-bond donors (Lipinski definition) is 0. The molecule has 0 saturated carbocycles. The van der Waals surface area contributed by atoms with Crippen molar-refractivity contribution in [3.63, 3.8) is 0 Å². The van der Waals surface area contributed by atoms with E-state index >= 15 is 0 Å². The van der Waals surface area contributed by atoms with E-state index in [2.05, 4.69) is 4.99 Å². The minimum Gasteiger partial charge on any atom is -0.468 e. The van der Waals surface area contributed by atoms with Crippen molar-refractivity contribution in [2.45, 2.75) is 18.4 Å². The maximum atomic E-state index is 13.1. The molecule has 0 aliphatic heterocycles. The first-order valence-electron chi connectivity index (χ1n) is 11.1. The molecule has 0 saturated heterocycles. The third kappa shape index (κ3) is 6.26. The molecule has 0 fully saturated rings. The summed E-state index contributed by atoms with van der Waals surface area (Å²) in [4.78, 5) is 29.6. The Morgan fingerprint density at radius 1 is 1.00 bits per heavy atom. The van der Waals surface area contributed by atoms with Crippen molar-refractivity contribution in [1.82, 2.24) is 8.87 Å². The lowest BCUT2D eigenvalue weighted by atomic mass is 10.2. The summed E-state index contributed by atoms with van der Waals surface area (Å²) in [5, 5.41) is 0. The van der Waals surface area contributed by atoms with Crippen molar-refractivity contribution in [3.8, 4) is 0 Å². The van der Waals surface area contributed by atoms with E-state index in [4.69, 9.17) is 14.2 Å². The molecule has 0 aliphatic rings. The maximum absolute atomic E-state index is 13.1. The number of carbonyl (C=O) groups is 2. The number of carbonyl (C=O) groups excluding carboxylic acids is 2. The number of aromatic nitrogens is 1. The lowest BCUT2D eigenvalue weighted by Crippen LogP contribution is -2.36. The lowest BCUT2D eigenvalue weighted by Gasteiger charge is -2.21. The summed E-state index contributed by atoms with van der Waals surface area (Å²) >= 11 is 1.28. The predicted octanol–water partition coefficient (Wildman–Crippen LogP) is 2.21. The van der Waals surface area contributed by atoms with Gasteiger partial charge in [0.05, 0.1) is 35.4 Å². The van der Waals surface area contributed by atoms with Gasteiger partial charge in [-0.15, -0.1) is 0 Å². The van der Waals surface area contributed by atoms with Gasteiger partial charge < -0.3 is 18.8 Å². The van der Waals surface area contributed by atoms with E-state index in [9.17, 15) is 18.0 Å². The van der Waals surface area contributed by atoms with E-state index in [0.29, 0.717) is 4.80 Å². The molecule has 12 heteroatoms. The van der Waals surface area contributed by atoms with Crippen LogP contribution in [0, 0.1) is 6.92 Å². The number of thiazole rings is 1. The Balaban J connectivity index is 1.95. The number of rotatable bonds is 11. The molecule has 1 amide bonds. The Labute approximate surface area is 213 Å². The Kier molecular flexibility index (Phi) is 9.51. The first-order valence-corrected chi connectivity index (χ1v) is 13.3. The maximum Gasteiger partial charge on any atom is 0.325 e. The fraction of sp³-hybridized carbons (Fsp3) is 0.375. The molecular weight excluding hydrogens is 506 g/mol. The zero-order chi connectivity index (χ0) is 26.3. The number of amides is 1. The molecule has 10 nitrogen and oxygen atoms in total. The third-order valence-electron chi connectivity index (χ3n) is 5.44. The summed E-state index contributed by atoms with van der Waals surface area (Å²) in [5.41, 5.74) is 1.95. The number of nitrogens with zero attached hydrogens (tertiary/aromatic N) is 3. The number of sulfonamides is 1. The number of hydrogen-bond acceptors (Lipinski definition) is 8. The second-order valence-corrected chi connectivity index (χ2v) is 10.7. The highest BCUT2D eigenvalue weighted by Gasteiger charge is 2.24. The van der Waals surface area contributed by atoms with E-state index in [1.807, 2.05) is 25.1 Å². The highest BCUT2D eigenvalue weighted by molar-refractivity contribution is 7.89. The molecule has 3 aromatic rings. The SMILES string of the molecule is COCCN(CCOC)S(=O)(=O)c1ccc(C(=O)N=c2sc3cccc(C)c3n2CC(=O)OC)cc1. The molecule has 0 bridgehead atoms. The summed E-state index contributed by atoms with van der Waals surface area (Å²) < 4.78 is 44.8. The van der Waals surface area contributed by atoms with Crippen molar-refractivity contribution in [2.24, 2.45) is 4.99 Å². The standard InChI is InChI=1S/C24H29N3O7S2/c1-17-6-5-7-20-22(17)27(16-21(28)34-4)24(35-20)25-23(29)18-8-10-19(11-9-18)36(30,31)26(12-14-32-2)13-15-33-3/h5-11H,12-16H2,1-4H3. The summed E-state index contributed by atoms with van der Waals surface area (Å²) in [5.74, 6) is -1.02. The minimum atomic E-state index is -3.81. The topological polar surface area (TPSA) is 116 Å². The van der Waals surface area contributed by atoms with Crippen LogP contribution in [0.4, 0.5) is 0 Å². The van der Waals surface area contributed by atoms with Crippen molar-refractivity contribution >= 4 is 43.5 Å². The quantitative estimate of drug-likeness (QED) is 0.346. The highest BCUT2D eigenvalue weighted by Crippen LogP contribution is 2.21. The number of benzene rings is 2. The van der Waals surface area contributed by atoms with E-state index in [1.165, 1.54) is 61.2 Å². The smallest absolute Gasteiger partial charge is 0.325 e. The van der Waals surface area contributed by atoms with Gasteiger partial charge in [-0.25, -0.2) is 8.42 Å². The van der Waals surface area contributed by atoms with Crippen molar-refractivity contribution in [3.05, 3.63) is 58.4 Å². The van der Waals surface area contributed by atoms with Crippen LogP contribution in [0.25, 0.3) is 10.2 Å². The zero-order valence-electron chi connectivity index (χ0n) is 20.6. The van der Waals surface area contributed by atoms with Gasteiger partial charge in [0, 0.05) is 32.9 Å². The second kappa shape index (κ2) is 12.4. The second-order valence-electron chi connectivity index (χ2n) is 7.80. The normalized spacial score (nSPS) is 12.4. The van der Waals surface area contributed by atoms with Crippen LogP contribution in [0.5, 0.6) is 0 Å². The largest absolute Gasteiger partial charge is 0.468 e. The molecule has 0 radical (unpaired) electrons. The molecule has 194 valence electrons. The minimum absolute atomic E-state index is 0.0458. The number of esters is 1. The number of para-hydroxylation sites is 1. The predicted molar refractivity (Wildman–Crippen MR) is 135 cm³/mol. The van der Waals surface area contributed by atoms with Gasteiger partial charge in [-0.2, -0.15) is 9.30 Å². The van der Waals surface area contributed by atoms with E-state index in [1.54, 1.807) is 4.57 Å². The van der Waals surface area contributed by atoms with Gasteiger partial charge in [-0.05, 0) is 42.8 Å². The van der Waals surface area contributed by atoms with Crippen LogP contribution >= 0.6 is 11.3 Å². The first kappa shape index (κ1) is 27.7. The Morgan fingerprint density at radius 3 is 2.22 bits per heavy atom. The van der Waals surface area contributed by atoms with Crippen LogP contribution in [-0.4, -0.2) is 76.8 Å². The van der Waals surface area contributed by atoms with E-state index < -0.39 is 21.9 Å². The number of ether oxygens (including phenoxy) is 3. The van der Waals surface area contributed by atoms with Crippen LogP contribution in [0.2, 0.25) is 0 Å². The van der Waals surface area contributed by atoms with Crippen molar-refractivity contribution in [2.75, 3.05) is 47.6 Å². The Bertz CT molecular complexity index is 1390. The fourth-order valence-corrected chi connectivity index (χ4v) is 6.05. The van der Waals surface area contributed by atoms with E-state index in [0.717, 1.165) is 15.8 Å². The molecule has 1 aromatic heterocycles. The molecule has 0 aliphatic carbocycles. The van der Waals surface area contributed by atoms with Gasteiger partial charge in [0.25, 0.3) is 5.91 Å². The van der Waals surface area contributed by atoms with Gasteiger partial charge in [0.15, 0.2) is 4.80 Å². The first-order chi connectivity index (χ1) is 17.2. The highest BCUT2D eigenvalue weighted by atomic mass is 32.2. The molecule has 3 rings (SSSR count). The summed E-state index contributed by atoms with van der Waals surface area (Å²) in [6, 6.07) is 11.3. The lowest BCUT2D eigenvalue weighted by molar-refractivity contribution is -0.141. The van der Waals surface area contributed by atoms with Crippen LogP contribution in [0.15, 0.2) is 52.4 Å². The average molecular weight is 536 g/mol. The van der Waals surface area contributed by atoms with Gasteiger partial charge in [-0.1, -0.05) is 23.5 Å². The molecule has 2 aromatic carbocycles. The van der Waals surface area contributed by atoms with Gasteiger partial charge in [0.1, 0.15) is 6.54 Å². The average Bonchev–Trinajstić information content (AvgIpc) is 3.21. The summed E-state index contributed by atoms with van der Waals surface area (Å²) in [6.45, 7) is 2.63. The summed E-state index contributed by atoms with van der Waals surface area (Å²) in [7, 11) is 0.481. The monoisotopic (exact) mass is 535 g/mol. The van der Waals surface area contributed by atoms with Crippen LogP contribution in [0.3, 0.4) is 0 Å². The number of methoxy groups -OCH3 is 3. The van der Waals surface area contributed by atoms with E-state index in [-0.39, 0.29) is 43.3 Å². The molecule has 0 spiro atoms. The molecule has 36 heavy (non-hydrogen) atoms. The molecule has 0 atom stereocenters. The van der Waals surface area contributed by atoms with Crippen LogP contribution in [0.1, 0.15) is 15.9 Å². The number of aryl methyl sites for hydroxylation is 1. The number of fused-ring (bicyclic) bond motifs is 1. The summed E-state index contributed by atoms with van der Waals surface area (Å²) in [6.07, 6.45) is 0. The molecule has 0 N–H and O–H groups in total. The van der Waals surface area contributed by atoms with Crippen LogP contribution < -0.4 is 4.80 Å². The van der Waals surface area contributed by atoms with Crippen molar-refractivity contribution < 1.29 is 32.2 Å². The van der Waals surface area contributed by atoms with Crippen LogP contribution in [-0.2, 0) is 35.6 Å². The molecular formula is C24H29N3O7S2.